The molecule has 1 amide bonds. The quantitative estimate of drug-likeness (QED) is 0.870. The molecular weight excluding hydrogens is 246 g/mol. The summed E-state index contributed by atoms with van der Waals surface area (Å²) in [6.45, 7) is 5.30. The molecule has 0 aliphatic rings. The summed E-state index contributed by atoms with van der Waals surface area (Å²) in [5, 5.41) is 11.7. The van der Waals surface area contributed by atoms with Gasteiger partial charge in [-0.25, -0.2) is 9.78 Å². The number of carbonyl (C=O) groups excluding carboxylic acids is 1. The number of aromatic nitrogens is 2. The lowest BCUT2D eigenvalue weighted by atomic mass is 10.2. The summed E-state index contributed by atoms with van der Waals surface area (Å²) >= 11 is 0. The van der Waals surface area contributed by atoms with Gasteiger partial charge in [0.15, 0.2) is 0 Å². The summed E-state index contributed by atoms with van der Waals surface area (Å²) in [6.07, 6.45) is 2.91. The Labute approximate surface area is 111 Å². The van der Waals surface area contributed by atoms with E-state index in [4.69, 9.17) is 9.84 Å². The highest BCUT2D eigenvalue weighted by Crippen LogP contribution is 2.14. The Bertz CT molecular complexity index is 599. The second-order valence-corrected chi connectivity index (χ2v) is 5.20. The molecule has 19 heavy (non-hydrogen) atoms. The molecule has 2 aromatic heterocycles. The minimum atomic E-state index is -0.534. The van der Waals surface area contributed by atoms with Crippen molar-refractivity contribution in [1.82, 2.24) is 9.38 Å². The topological polar surface area (TPSA) is 75.9 Å². The minimum Gasteiger partial charge on any atom is -0.444 e. The fourth-order valence-electron chi connectivity index (χ4n) is 1.62. The largest absolute Gasteiger partial charge is 0.444 e. The standard InChI is InChI=1S/C13H17N3O3/c1-13(2,3)19-12(18)15-9-4-5-11-14-10(8-17)7-16(11)6-9/h4-7,17H,8H2,1-3H3,(H,15,18). The molecule has 0 aromatic carbocycles. The maximum Gasteiger partial charge on any atom is 0.412 e. The number of aliphatic hydroxyl groups is 1. The van der Waals surface area contributed by atoms with E-state index in [1.165, 1.54) is 0 Å². The van der Waals surface area contributed by atoms with Gasteiger partial charge in [-0.3, -0.25) is 5.32 Å². The van der Waals surface area contributed by atoms with E-state index < -0.39 is 11.7 Å². The van der Waals surface area contributed by atoms with Crippen LogP contribution in [0.25, 0.3) is 5.65 Å². The zero-order valence-electron chi connectivity index (χ0n) is 11.2. The maximum absolute atomic E-state index is 11.6. The SMILES string of the molecule is CC(C)(C)OC(=O)Nc1ccc2nc(CO)cn2c1. The predicted octanol–water partition coefficient (Wildman–Crippen LogP) is 2.17. The summed E-state index contributed by atoms with van der Waals surface area (Å²) in [5.41, 5.74) is 1.35. The van der Waals surface area contributed by atoms with Crippen molar-refractivity contribution < 1.29 is 14.6 Å². The van der Waals surface area contributed by atoms with Gasteiger partial charge < -0.3 is 14.2 Å². The fourth-order valence-corrected chi connectivity index (χ4v) is 1.62. The van der Waals surface area contributed by atoms with Crippen LogP contribution < -0.4 is 5.32 Å². The Kier molecular flexibility index (Phi) is 3.44. The fraction of sp³-hybridized carbons (Fsp3) is 0.385. The van der Waals surface area contributed by atoms with Crippen LogP contribution in [0.2, 0.25) is 0 Å². The smallest absolute Gasteiger partial charge is 0.412 e. The molecule has 0 aliphatic carbocycles. The van der Waals surface area contributed by atoms with E-state index in [1.807, 2.05) is 0 Å². The Morgan fingerprint density at radius 2 is 2.16 bits per heavy atom. The molecule has 2 N–H and O–H groups in total. The molecule has 6 heteroatoms. The molecule has 0 saturated heterocycles. The number of carbonyl (C=O) groups is 1. The second-order valence-electron chi connectivity index (χ2n) is 5.20. The van der Waals surface area contributed by atoms with Gasteiger partial charge in [-0.1, -0.05) is 0 Å². The van der Waals surface area contributed by atoms with Crippen molar-refractivity contribution in [2.75, 3.05) is 5.32 Å². The lowest BCUT2D eigenvalue weighted by molar-refractivity contribution is 0.0636. The van der Waals surface area contributed by atoms with Crippen LogP contribution in [0.4, 0.5) is 10.5 Å². The molecule has 0 atom stereocenters. The maximum atomic E-state index is 11.6. The summed E-state index contributed by atoms with van der Waals surface area (Å²) in [6, 6.07) is 3.49. The number of ether oxygens (including phenoxy) is 1. The highest BCUT2D eigenvalue weighted by atomic mass is 16.6. The van der Waals surface area contributed by atoms with E-state index in [0.29, 0.717) is 17.0 Å². The molecule has 2 heterocycles. The van der Waals surface area contributed by atoms with Crippen molar-refractivity contribution in [3.63, 3.8) is 0 Å². The van der Waals surface area contributed by atoms with Crippen molar-refractivity contribution in [2.45, 2.75) is 33.0 Å². The number of nitrogens with zero attached hydrogens (tertiary/aromatic N) is 2. The molecule has 0 bridgehead atoms. The number of fused-ring (bicyclic) bond motifs is 1. The number of imidazole rings is 1. The second kappa shape index (κ2) is 4.89. The number of hydrogen-bond acceptors (Lipinski definition) is 4. The van der Waals surface area contributed by atoms with Crippen LogP contribution in [-0.4, -0.2) is 26.2 Å². The van der Waals surface area contributed by atoms with Gasteiger partial charge in [-0.05, 0) is 32.9 Å². The van der Waals surface area contributed by atoms with Crippen LogP contribution in [0, 0.1) is 0 Å². The lowest BCUT2D eigenvalue weighted by Gasteiger charge is -2.19. The van der Waals surface area contributed by atoms with E-state index in [-0.39, 0.29) is 6.61 Å². The molecule has 0 saturated carbocycles. The monoisotopic (exact) mass is 263 g/mol. The van der Waals surface area contributed by atoms with Crippen molar-refractivity contribution in [3.05, 3.63) is 30.2 Å². The summed E-state index contributed by atoms with van der Waals surface area (Å²) in [4.78, 5) is 15.8. The lowest BCUT2D eigenvalue weighted by Crippen LogP contribution is -2.27. The van der Waals surface area contributed by atoms with Crippen LogP contribution in [0.15, 0.2) is 24.5 Å². The van der Waals surface area contributed by atoms with Gasteiger partial charge in [0.05, 0.1) is 18.0 Å². The molecule has 0 aliphatic heterocycles. The van der Waals surface area contributed by atoms with E-state index in [2.05, 4.69) is 10.3 Å². The van der Waals surface area contributed by atoms with Gasteiger partial charge in [0.25, 0.3) is 0 Å². The third kappa shape index (κ3) is 3.45. The third-order valence-electron chi connectivity index (χ3n) is 2.31. The van der Waals surface area contributed by atoms with Gasteiger partial charge in [0.2, 0.25) is 0 Å². The first kappa shape index (κ1) is 13.4. The first-order valence-corrected chi connectivity index (χ1v) is 5.96. The van der Waals surface area contributed by atoms with E-state index in [9.17, 15) is 4.79 Å². The molecule has 0 radical (unpaired) electrons. The molecule has 0 fully saturated rings. The number of anilines is 1. The van der Waals surface area contributed by atoms with Crippen molar-refractivity contribution in [1.29, 1.82) is 0 Å². The first-order valence-electron chi connectivity index (χ1n) is 5.96. The first-order chi connectivity index (χ1) is 8.87. The predicted molar refractivity (Wildman–Crippen MR) is 71.0 cm³/mol. The van der Waals surface area contributed by atoms with Crippen LogP contribution in [0.3, 0.4) is 0 Å². The molecule has 6 nitrogen and oxygen atoms in total. The Morgan fingerprint density at radius 1 is 1.42 bits per heavy atom. The average Bonchev–Trinajstić information content (AvgIpc) is 2.68. The number of amides is 1. The Balaban J connectivity index is 2.15. The number of aliphatic hydroxyl groups excluding tert-OH is 1. The van der Waals surface area contributed by atoms with Crippen molar-refractivity contribution in [2.24, 2.45) is 0 Å². The summed E-state index contributed by atoms with van der Waals surface area (Å²) in [5.74, 6) is 0. The minimum absolute atomic E-state index is 0.115. The number of nitrogens with one attached hydrogen (secondary N) is 1. The molecule has 2 rings (SSSR count). The van der Waals surface area contributed by atoms with Crippen molar-refractivity contribution in [3.8, 4) is 0 Å². The van der Waals surface area contributed by atoms with E-state index >= 15 is 0 Å². The van der Waals surface area contributed by atoms with E-state index in [0.717, 1.165) is 0 Å². The number of rotatable bonds is 2. The number of hydrogen-bond donors (Lipinski definition) is 2. The molecule has 0 unspecified atom stereocenters. The zero-order valence-corrected chi connectivity index (χ0v) is 11.2. The van der Waals surface area contributed by atoms with E-state index in [1.54, 1.807) is 49.7 Å². The number of pyridine rings is 1. The normalized spacial score (nSPS) is 11.6. The van der Waals surface area contributed by atoms with Crippen LogP contribution in [0.1, 0.15) is 26.5 Å². The highest BCUT2D eigenvalue weighted by molar-refractivity contribution is 5.84. The Hall–Kier alpha value is -2.08. The van der Waals surface area contributed by atoms with Crippen LogP contribution in [-0.2, 0) is 11.3 Å². The van der Waals surface area contributed by atoms with Crippen molar-refractivity contribution >= 4 is 17.4 Å². The van der Waals surface area contributed by atoms with Gasteiger partial charge in [-0.15, -0.1) is 0 Å². The third-order valence-corrected chi connectivity index (χ3v) is 2.31. The van der Waals surface area contributed by atoms with Gasteiger partial charge in [-0.2, -0.15) is 0 Å². The van der Waals surface area contributed by atoms with Gasteiger partial charge in [0, 0.05) is 12.4 Å². The Morgan fingerprint density at radius 3 is 2.79 bits per heavy atom. The van der Waals surface area contributed by atoms with Crippen LogP contribution >= 0.6 is 0 Å². The highest BCUT2D eigenvalue weighted by Gasteiger charge is 2.16. The van der Waals surface area contributed by atoms with Crippen LogP contribution in [0.5, 0.6) is 0 Å². The molecule has 2 aromatic rings. The molecule has 102 valence electrons. The molecular formula is C13H17N3O3. The summed E-state index contributed by atoms with van der Waals surface area (Å²) < 4.78 is 6.90. The zero-order chi connectivity index (χ0) is 14.0. The average molecular weight is 263 g/mol. The summed E-state index contributed by atoms with van der Waals surface area (Å²) in [7, 11) is 0. The molecule has 0 spiro atoms. The van der Waals surface area contributed by atoms with Gasteiger partial charge in [0.1, 0.15) is 11.2 Å². The van der Waals surface area contributed by atoms with Gasteiger partial charge >= 0.3 is 6.09 Å².